The minimum atomic E-state index is -0.254. The first-order valence-electron chi connectivity index (χ1n) is 9.55. The number of rotatable bonds is 2. The molecule has 0 N–H and O–H groups in total. The molecule has 1 saturated heterocycles. The predicted octanol–water partition coefficient (Wildman–Crippen LogP) is 5.23. The van der Waals surface area contributed by atoms with Crippen LogP contribution in [0.4, 0.5) is 4.39 Å². The molecule has 1 aliphatic rings. The monoisotopic (exact) mass is 393 g/mol. The number of amides is 1. The number of carbonyl (C=O) groups excluding carboxylic acids is 1. The third-order valence-corrected chi connectivity index (χ3v) is 6.44. The van der Waals surface area contributed by atoms with Gasteiger partial charge in [-0.05, 0) is 61.2 Å². The SMILES string of the molecule is C[C@H]1CCCN(C(=O)c2ccc3c(c2)sc2nc(-c4ccc(F)cc4)cn23)C1. The average molecular weight is 393 g/mol. The lowest BCUT2D eigenvalue weighted by Gasteiger charge is -2.31. The molecular formula is C22H20FN3OS. The maximum atomic E-state index is 13.2. The second-order valence-corrected chi connectivity index (χ2v) is 8.58. The number of fused-ring (bicyclic) bond motifs is 3. The van der Waals surface area contributed by atoms with E-state index in [1.165, 1.54) is 18.6 Å². The van der Waals surface area contributed by atoms with Crippen LogP contribution in [0, 0.1) is 11.7 Å². The highest BCUT2D eigenvalue weighted by Gasteiger charge is 2.22. The Labute approximate surface area is 166 Å². The van der Waals surface area contributed by atoms with Crippen LogP contribution in [0.25, 0.3) is 26.4 Å². The number of carbonyl (C=O) groups is 1. The van der Waals surface area contributed by atoms with Gasteiger partial charge >= 0.3 is 0 Å². The summed E-state index contributed by atoms with van der Waals surface area (Å²) in [6, 6.07) is 12.2. The van der Waals surface area contributed by atoms with Crippen LogP contribution in [-0.4, -0.2) is 33.3 Å². The molecule has 0 unspecified atom stereocenters. The number of nitrogens with zero attached hydrogens (tertiary/aromatic N) is 3. The first-order valence-corrected chi connectivity index (χ1v) is 10.4. The second kappa shape index (κ2) is 6.71. The van der Waals surface area contributed by atoms with Crippen molar-refractivity contribution in [1.82, 2.24) is 14.3 Å². The van der Waals surface area contributed by atoms with Gasteiger partial charge in [-0.2, -0.15) is 0 Å². The largest absolute Gasteiger partial charge is 0.338 e. The van der Waals surface area contributed by atoms with E-state index in [9.17, 15) is 9.18 Å². The fourth-order valence-corrected chi connectivity index (χ4v) is 5.00. The predicted molar refractivity (Wildman–Crippen MR) is 110 cm³/mol. The lowest BCUT2D eigenvalue weighted by molar-refractivity contribution is 0.0683. The molecule has 28 heavy (non-hydrogen) atoms. The molecule has 0 radical (unpaired) electrons. The van der Waals surface area contributed by atoms with Crippen LogP contribution in [0.2, 0.25) is 0 Å². The Balaban J connectivity index is 1.49. The van der Waals surface area contributed by atoms with Crippen LogP contribution in [-0.2, 0) is 0 Å². The summed E-state index contributed by atoms with van der Waals surface area (Å²) in [5.41, 5.74) is 3.47. The minimum absolute atomic E-state index is 0.117. The molecule has 3 heterocycles. The molecule has 0 aliphatic carbocycles. The molecule has 4 aromatic rings. The van der Waals surface area contributed by atoms with Crippen molar-refractivity contribution in [2.75, 3.05) is 13.1 Å². The molecule has 1 aliphatic heterocycles. The molecule has 1 fully saturated rings. The maximum Gasteiger partial charge on any atom is 0.253 e. The van der Waals surface area contributed by atoms with Crippen molar-refractivity contribution >= 4 is 32.4 Å². The van der Waals surface area contributed by atoms with Crippen molar-refractivity contribution in [1.29, 1.82) is 0 Å². The number of hydrogen-bond acceptors (Lipinski definition) is 3. The molecule has 2 aromatic heterocycles. The van der Waals surface area contributed by atoms with Crippen LogP contribution >= 0.6 is 11.3 Å². The lowest BCUT2D eigenvalue weighted by Crippen LogP contribution is -2.39. The standard InChI is InChI=1S/C22H20FN3OS/c1-14-3-2-10-25(12-14)21(27)16-6-9-19-20(11-16)28-22-24-18(13-26(19)22)15-4-7-17(23)8-5-15/h4-9,11,13-14H,2-3,10,12H2,1H3/t14-/m0/s1. The Morgan fingerprint density at radius 1 is 1.21 bits per heavy atom. The summed E-state index contributed by atoms with van der Waals surface area (Å²) < 4.78 is 16.2. The zero-order valence-electron chi connectivity index (χ0n) is 15.6. The molecule has 4 nitrogen and oxygen atoms in total. The van der Waals surface area contributed by atoms with Gasteiger partial charge in [-0.25, -0.2) is 9.37 Å². The molecule has 2 aromatic carbocycles. The Hall–Kier alpha value is -2.73. The van der Waals surface area contributed by atoms with E-state index in [4.69, 9.17) is 0 Å². The Morgan fingerprint density at radius 3 is 2.82 bits per heavy atom. The van der Waals surface area contributed by atoms with E-state index in [1.54, 1.807) is 23.5 Å². The fraction of sp³-hybridized carbons (Fsp3) is 0.273. The van der Waals surface area contributed by atoms with Gasteiger partial charge in [-0.15, -0.1) is 0 Å². The number of likely N-dealkylation sites (tertiary alicyclic amines) is 1. The van der Waals surface area contributed by atoms with Gasteiger partial charge in [0.25, 0.3) is 5.91 Å². The zero-order chi connectivity index (χ0) is 19.3. The van der Waals surface area contributed by atoms with Crippen LogP contribution in [0.15, 0.2) is 48.7 Å². The molecule has 6 heteroatoms. The molecule has 5 rings (SSSR count). The Bertz CT molecular complexity index is 1180. The van der Waals surface area contributed by atoms with Gasteiger partial charge in [0.2, 0.25) is 0 Å². The minimum Gasteiger partial charge on any atom is -0.338 e. The lowest BCUT2D eigenvalue weighted by atomic mass is 9.99. The van der Waals surface area contributed by atoms with E-state index in [1.807, 2.05) is 33.7 Å². The summed E-state index contributed by atoms with van der Waals surface area (Å²) in [7, 11) is 0. The highest BCUT2D eigenvalue weighted by atomic mass is 32.1. The van der Waals surface area contributed by atoms with E-state index < -0.39 is 0 Å². The van der Waals surface area contributed by atoms with E-state index >= 15 is 0 Å². The van der Waals surface area contributed by atoms with Gasteiger partial charge in [0.05, 0.1) is 15.9 Å². The van der Waals surface area contributed by atoms with E-state index in [0.717, 1.165) is 51.5 Å². The van der Waals surface area contributed by atoms with Crippen molar-refractivity contribution in [3.8, 4) is 11.3 Å². The van der Waals surface area contributed by atoms with Crippen molar-refractivity contribution in [2.45, 2.75) is 19.8 Å². The van der Waals surface area contributed by atoms with Gasteiger partial charge in [-0.3, -0.25) is 9.20 Å². The van der Waals surface area contributed by atoms with Crippen molar-refractivity contribution in [3.05, 3.63) is 60.0 Å². The zero-order valence-corrected chi connectivity index (χ0v) is 16.4. The summed E-state index contributed by atoms with van der Waals surface area (Å²) in [6.07, 6.45) is 4.24. The normalized spacial score (nSPS) is 17.5. The third kappa shape index (κ3) is 2.98. The number of hydrogen-bond donors (Lipinski definition) is 0. The number of benzene rings is 2. The highest BCUT2D eigenvalue weighted by molar-refractivity contribution is 7.23. The molecule has 0 spiro atoms. The smallest absolute Gasteiger partial charge is 0.253 e. The van der Waals surface area contributed by atoms with Crippen molar-refractivity contribution in [3.63, 3.8) is 0 Å². The first-order chi connectivity index (χ1) is 13.6. The molecule has 0 saturated carbocycles. The molecule has 142 valence electrons. The summed E-state index contributed by atoms with van der Waals surface area (Å²) in [6.45, 7) is 3.89. The first kappa shape index (κ1) is 17.4. The third-order valence-electron chi connectivity index (χ3n) is 5.43. The maximum absolute atomic E-state index is 13.2. The van der Waals surface area contributed by atoms with Gasteiger partial charge in [-0.1, -0.05) is 18.3 Å². The fourth-order valence-electron chi connectivity index (χ4n) is 3.95. The van der Waals surface area contributed by atoms with Crippen molar-refractivity contribution < 1.29 is 9.18 Å². The summed E-state index contributed by atoms with van der Waals surface area (Å²) in [4.78, 5) is 20.4. The van der Waals surface area contributed by atoms with Gasteiger partial charge in [0.15, 0.2) is 4.96 Å². The quantitative estimate of drug-likeness (QED) is 0.468. The molecule has 1 atom stereocenters. The number of aromatic nitrogens is 2. The molecule has 1 amide bonds. The van der Waals surface area contributed by atoms with E-state index in [2.05, 4.69) is 11.9 Å². The number of thiazole rings is 1. The number of halogens is 1. The second-order valence-electron chi connectivity index (χ2n) is 7.57. The van der Waals surface area contributed by atoms with Gasteiger partial charge in [0.1, 0.15) is 5.82 Å². The average Bonchev–Trinajstić information content (AvgIpc) is 3.25. The number of imidazole rings is 1. The summed E-state index contributed by atoms with van der Waals surface area (Å²) in [5.74, 6) is 0.429. The van der Waals surface area contributed by atoms with Crippen molar-refractivity contribution in [2.24, 2.45) is 5.92 Å². The van der Waals surface area contributed by atoms with Crippen LogP contribution in [0.5, 0.6) is 0 Å². The Morgan fingerprint density at radius 2 is 2.04 bits per heavy atom. The summed E-state index contributed by atoms with van der Waals surface area (Å²) >= 11 is 1.57. The van der Waals surface area contributed by atoms with Crippen LogP contribution < -0.4 is 0 Å². The van der Waals surface area contributed by atoms with Gasteiger partial charge < -0.3 is 4.90 Å². The molecular weight excluding hydrogens is 373 g/mol. The van der Waals surface area contributed by atoms with Gasteiger partial charge in [0, 0.05) is 30.4 Å². The Kier molecular flexibility index (Phi) is 4.16. The topological polar surface area (TPSA) is 37.6 Å². The molecule has 0 bridgehead atoms. The number of piperidine rings is 1. The summed E-state index contributed by atoms with van der Waals surface area (Å²) in [5, 5.41) is 0. The van der Waals surface area contributed by atoms with E-state index in [-0.39, 0.29) is 11.7 Å². The highest BCUT2D eigenvalue weighted by Crippen LogP contribution is 2.31. The van der Waals surface area contributed by atoms with Crippen LogP contribution in [0.1, 0.15) is 30.1 Å². The van der Waals surface area contributed by atoms with E-state index in [0.29, 0.717) is 5.92 Å². The van der Waals surface area contributed by atoms with Crippen LogP contribution in [0.3, 0.4) is 0 Å².